The van der Waals surface area contributed by atoms with Crippen molar-refractivity contribution in [1.82, 2.24) is 20.2 Å². The molecule has 0 unspecified atom stereocenters. The maximum absolute atomic E-state index is 5.99. The Morgan fingerprint density at radius 1 is 1.20 bits per heavy atom. The first-order valence-electron chi connectivity index (χ1n) is 7.82. The van der Waals surface area contributed by atoms with Crippen LogP contribution in [0, 0.1) is 0 Å². The van der Waals surface area contributed by atoms with Crippen LogP contribution in [0.5, 0.6) is 5.75 Å². The van der Waals surface area contributed by atoms with Gasteiger partial charge >= 0.3 is 0 Å². The molecule has 6 nitrogen and oxygen atoms in total. The lowest BCUT2D eigenvalue weighted by molar-refractivity contribution is 0.303. The van der Waals surface area contributed by atoms with Gasteiger partial charge in [-0.2, -0.15) is 0 Å². The molecule has 3 rings (SSSR count). The molecule has 0 fully saturated rings. The van der Waals surface area contributed by atoms with Crippen LogP contribution in [-0.4, -0.2) is 20.2 Å². The summed E-state index contributed by atoms with van der Waals surface area (Å²) in [5.74, 6) is 1.41. The number of benzene rings is 2. The Hall–Kier alpha value is -2.67. The van der Waals surface area contributed by atoms with E-state index in [9.17, 15) is 0 Å². The number of nitrogens with one attached hydrogen (secondary N) is 1. The zero-order valence-electron chi connectivity index (χ0n) is 13.6. The highest BCUT2D eigenvalue weighted by Gasteiger charge is 2.09. The van der Waals surface area contributed by atoms with E-state index in [2.05, 4.69) is 43.4 Å². The van der Waals surface area contributed by atoms with E-state index >= 15 is 0 Å². The summed E-state index contributed by atoms with van der Waals surface area (Å²) in [5.41, 5.74) is 2.14. The van der Waals surface area contributed by atoms with Crippen molar-refractivity contribution in [2.75, 3.05) is 5.32 Å². The number of hydrogen-bond acceptors (Lipinski definition) is 5. The number of nitrogens with zero attached hydrogens (tertiary/aromatic N) is 4. The molecular formula is C18H18BrN5O. The first kappa shape index (κ1) is 17.2. The predicted octanol–water partition coefficient (Wildman–Crippen LogP) is 3.81. The predicted molar refractivity (Wildman–Crippen MR) is 100 cm³/mol. The van der Waals surface area contributed by atoms with Crippen LogP contribution in [0.4, 0.5) is 5.95 Å². The van der Waals surface area contributed by atoms with Gasteiger partial charge in [-0.15, -0.1) is 6.58 Å². The largest absolute Gasteiger partial charge is 0.489 e. The quantitative estimate of drug-likeness (QED) is 0.583. The molecule has 2 aromatic carbocycles. The van der Waals surface area contributed by atoms with E-state index in [0.717, 1.165) is 21.3 Å². The van der Waals surface area contributed by atoms with Crippen molar-refractivity contribution >= 4 is 21.9 Å². The molecule has 25 heavy (non-hydrogen) atoms. The Labute approximate surface area is 154 Å². The number of anilines is 1. The molecule has 0 saturated carbocycles. The highest BCUT2D eigenvalue weighted by Crippen LogP contribution is 2.25. The lowest BCUT2D eigenvalue weighted by Crippen LogP contribution is -2.09. The van der Waals surface area contributed by atoms with Gasteiger partial charge in [0, 0.05) is 16.6 Å². The summed E-state index contributed by atoms with van der Waals surface area (Å²) in [6.07, 6.45) is 1.75. The number of aromatic nitrogens is 4. The van der Waals surface area contributed by atoms with E-state index in [0.29, 0.717) is 25.6 Å². The fourth-order valence-corrected chi connectivity index (χ4v) is 2.72. The maximum Gasteiger partial charge on any atom is 0.243 e. The van der Waals surface area contributed by atoms with Gasteiger partial charge < -0.3 is 10.1 Å². The smallest absolute Gasteiger partial charge is 0.243 e. The summed E-state index contributed by atoms with van der Waals surface area (Å²) in [5, 5.41) is 14.8. The van der Waals surface area contributed by atoms with Gasteiger partial charge in [0.15, 0.2) is 0 Å². The normalized spacial score (nSPS) is 10.4. The number of tetrazole rings is 1. The fraction of sp³-hybridized carbons (Fsp3) is 0.167. The van der Waals surface area contributed by atoms with Crippen LogP contribution in [0.25, 0.3) is 0 Å². The Bertz CT molecular complexity index is 834. The summed E-state index contributed by atoms with van der Waals surface area (Å²) < 4.78 is 8.63. The summed E-state index contributed by atoms with van der Waals surface area (Å²) >= 11 is 3.51. The Kier molecular flexibility index (Phi) is 5.79. The molecule has 3 aromatic rings. The molecule has 7 heteroatoms. The van der Waals surface area contributed by atoms with Crippen molar-refractivity contribution in [3.8, 4) is 5.75 Å². The molecule has 128 valence electrons. The van der Waals surface area contributed by atoms with E-state index in [1.807, 2.05) is 48.5 Å². The van der Waals surface area contributed by atoms with Gasteiger partial charge in [0.2, 0.25) is 5.95 Å². The van der Waals surface area contributed by atoms with Crippen LogP contribution in [0.2, 0.25) is 0 Å². The molecule has 1 aromatic heterocycles. The number of allylic oxidation sites excluding steroid dienone is 1. The second kappa shape index (κ2) is 8.43. The molecule has 0 aliphatic heterocycles. The third-order valence-electron chi connectivity index (χ3n) is 3.53. The standard InChI is InChI=1S/C18H18BrN5O/c1-2-10-24-18(21-22-23-24)20-12-15-11-16(19)8-9-17(15)25-13-14-6-4-3-5-7-14/h2-9,11H,1,10,12-13H2,(H,20,21,23). The minimum atomic E-state index is 0.518. The minimum absolute atomic E-state index is 0.518. The van der Waals surface area contributed by atoms with Crippen LogP contribution in [0.3, 0.4) is 0 Å². The average molecular weight is 400 g/mol. The molecule has 0 spiro atoms. The zero-order valence-corrected chi connectivity index (χ0v) is 15.2. The molecule has 1 heterocycles. The van der Waals surface area contributed by atoms with Gasteiger partial charge in [-0.05, 0) is 34.2 Å². The summed E-state index contributed by atoms with van der Waals surface area (Å²) in [7, 11) is 0. The first-order chi connectivity index (χ1) is 12.3. The first-order valence-corrected chi connectivity index (χ1v) is 8.61. The van der Waals surface area contributed by atoms with Crippen molar-refractivity contribution in [2.45, 2.75) is 19.7 Å². The van der Waals surface area contributed by atoms with Gasteiger partial charge in [0.05, 0.1) is 6.54 Å². The Morgan fingerprint density at radius 2 is 2.04 bits per heavy atom. The molecule has 0 saturated heterocycles. The van der Waals surface area contributed by atoms with Crippen LogP contribution in [-0.2, 0) is 19.7 Å². The van der Waals surface area contributed by atoms with E-state index in [1.54, 1.807) is 10.8 Å². The van der Waals surface area contributed by atoms with Crippen molar-refractivity contribution in [3.05, 3.63) is 76.8 Å². The third kappa shape index (κ3) is 4.67. The van der Waals surface area contributed by atoms with Gasteiger partial charge in [-0.25, -0.2) is 4.68 Å². The Balaban J connectivity index is 1.70. The molecule has 0 aliphatic rings. The highest BCUT2D eigenvalue weighted by molar-refractivity contribution is 9.10. The van der Waals surface area contributed by atoms with Gasteiger partial charge in [-0.3, -0.25) is 0 Å². The molecule has 0 atom stereocenters. The molecule has 0 amide bonds. The van der Waals surface area contributed by atoms with E-state index < -0.39 is 0 Å². The molecular weight excluding hydrogens is 382 g/mol. The number of halogens is 1. The second-order valence-electron chi connectivity index (χ2n) is 5.35. The van der Waals surface area contributed by atoms with Crippen LogP contribution in [0.1, 0.15) is 11.1 Å². The van der Waals surface area contributed by atoms with E-state index in [-0.39, 0.29) is 0 Å². The van der Waals surface area contributed by atoms with E-state index in [1.165, 1.54) is 0 Å². The van der Waals surface area contributed by atoms with Crippen molar-refractivity contribution in [1.29, 1.82) is 0 Å². The number of rotatable bonds is 8. The minimum Gasteiger partial charge on any atom is -0.489 e. The van der Waals surface area contributed by atoms with Crippen molar-refractivity contribution in [3.63, 3.8) is 0 Å². The average Bonchev–Trinajstić information content (AvgIpc) is 3.07. The van der Waals surface area contributed by atoms with Crippen LogP contribution >= 0.6 is 15.9 Å². The zero-order chi connectivity index (χ0) is 17.5. The molecule has 0 radical (unpaired) electrons. The van der Waals surface area contributed by atoms with Gasteiger partial charge in [-0.1, -0.05) is 57.4 Å². The summed E-state index contributed by atoms with van der Waals surface area (Å²) in [6, 6.07) is 16.0. The summed E-state index contributed by atoms with van der Waals surface area (Å²) in [4.78, 5) is 0. The number of ether oxygens (including phenoxy) is 1. The van der Waals surface area contributed by atoms with Crippen molar-refractivity contribution in [2.24, 2.45) is 0 Å². The molecule has 1 N–H and O–H groups in total. The monoisotopic (exact) mass is 399 g/mol. The van der Waals surface area contributed by atoms with E-state index in [4.69, 9.17) is 4.74 Å². The van der Waals surface area contributed by atoms with Crippen LogP contribution in [0.15, 0.2) is 65.7 Å². The van der Waals surface area contributed by atoms with Crippen molar-refractivity contribution < 1.29 is 4.74 Å². The maximum atomic E-state index is 5.99. The lowest BCUT2D eigenvalue weighted by Gasteiger charge is -2.13. The SMILES string of the molecule is C=CCn1nnnc1NCc1cc(Br)ccc1OCc1ccccc1. The van der Waals surface area contributed by atoms with Gasteiger partial charge in [0.25, 0.3) is 0 Å². The van der Waals surface area contributed by atoms with Gasteiger partial charge in [0.1, 0.15) is 12.4 Å². The van der Waals surface area contributed by atoms with Crippen LogP contribution < -0.4 is 10.1 Å². The fourth-order valence-electron chi connectivity index (χ4n) is 2.31. The topological polar surface area (TPSA) is 64.9 Å². The lowest BCUT2D eigenvalue weighted by atomic mass is 10.2. The molecule has 0 aliphatic carbocycles. The highest BCUT2D eigenvalue weighted by atomic mass is 79.9. The second-order valence-corrected chi connectivity index (χ2v) is 6.27. The summed E-state index contributed by atoms with van der Waals surface area (Å²) in [6.45, 7) is 5.31. The molecule has 0 bridgehead atoms. The number of hydrogen-bond donors (Lipinski definition) is 1. The third-order valence-corrected chi connectivity index (χ3v) is 4.02. The Morgan fingerprint density at radius 3 is 2.84 bits per heavy atom.